The van der Waals surface area contributed by atoms with E-state index >= 15 is 0 Å². The zero-order valence-corrected chi connectivity index (χ0v) is 12.4. The third-order valence-electron chi connectivity index (χ3n) is 3.11. The highest BCUT2D eigenvalue weighted by Crippen LogP contribution is 2.24. The summed E-state index contributed by atoms with van der Waals surface area (Å²) in [7, 11) is 0. The highest BCUT2D eigenvalue weighted by molar-refractivity contribution is 6.03. The van der Waals surface area contributed by atoms with E-state index in [1.54, 1.807) is 6.07 Å². The van der Waals surface area contributed by atoms with Crippen molar-refractivity contribution in [3.8, 4) is 5.75 Å². The molecule has 1 amide bonds. The number of carbonyl (C=O) groups is 1. The Labute approximate surface area is 128 Å². The molecule has 0 spiro atoms. The minimum atomic E-state index is -0.225. The van der Waals surface area contributed by atoms with Crippen LogP contribution >= 0.6 is 12.4 Å². The number of hydrogen-bond acceptors (Lipinski definition) is 4. The van der Waals surface area contributed by atoms with Gasteiger partial charge in [0.1, 0.15) is 12.4 Å². The molecule has 3 rings (SSSR count). The van der Waals surface area contributed by atoms with Gasteiger partial charge in [0.2, 0.25) is 0 Å². The number of H-pyrrole nitrogens is 1. The smallest absolute Gasteiger partial charge is 0.276 e. The van der Waals surface area contributed by atoms with Crippen LogP contribution in [0.15, 0.2) is 24.3 Å². The van der Waals surface area contributed by atoms with Crippen LogP contribution in [-0.4, -0.2) is 29.3 Å². The monoisotopic (exact) mass is 308 g/mol. The lowest BCUT2D eigenvalue weighted by atomic mass is 10.1. The Morgan fingerprint density at radius 1 is 1.38 bits per heavy atom. The third kappa shape index (κ3) is 3.53. The van der Waals surface area contributed by atoms with Gasteiger partial charge in [-0.25, -0.2) is 0 Å². The van der Waals surface area contributed by atoms with E-state index in [1.807, 2.05) is 25.1 Å². The Bertz CT molecular complexity index is 642. The lowest BCUT2D eigenvalue weighted by Crippen LogP contribution is -2.16. The van der Waals surface area contributed by atoms with Crippen molar-refractivity contribution in [1.29, 1.82) is 0 Å². The maximum absolute atomic E-state index is 12.0. The molecular formula is C14H17ClN4O2. The molecule has 0 bridgehead atoms. The van der Waals surface area contributed by atoms with Crippen molar-refractivity contribution in [3.05, 3.63) is 41.2 Å². The van der Waals surface area contributed by atoms with Crippen LogP contribution in [0.5, 0.6) is 5.75 Å². The molecule has 0 radical (unpaired) electrons. The van der Waals surface area contributed by atoms with Crippen molar-refractivity contribution in [2.24, 2.45) is 0 Å². The van der Waals surface area contributed by atoms with E-state index in [4.69, 9.17) is 4.74 Å². The fraction of sp³-hybridized carbons (Fsp3) is 0.286. The maximum Gasteiger partial charge on any atom is 0.276 e. The van der Waals surface area contributed by atoms with Crippen LogP contribution in [0.1, 0.15) is 21.7 Å². The summed E-state index contributed by atoms with van der Waals surface area (Å²) < 4.78 is 5.60. The number of fused-ring (bicyclic) bond motifs is 1. The average Bonchev–Trinajstić information content (AvgIpc) is 2.74. The van der Waals surface area contributed by atoms with Gasteiger partial charge in [0.05, 0.1) is 0 Å². The summed E-state index contributed by atoms with van der Waals surface area (Å²) in [5.74, 6) is 0.639. The quantitative estimate of drug-likeness (QED) is 0.791. The molecule has 6 nitrogen and oxygen atoms in total. The molecule has 112 valence electrons. The highest BCUT2D eigenvalue weighted by atomic mass is 35.5. The second-order valence-corrected chi connectivity index (χ2v) is 4.74. The van der Waals surface area contributed by atoms with Crippen molar-refractivity contribution in [3.63, 3.8) is 0 Å². The van der Waals surface area contributed by atoms with Crippen LogP contribution in [0.4, 0.5) is 5.69 Å². The third-order valence-corrected chi connectivity index (χ3v) is 3.11. The fourth-order valence-corrected chi connectivity index (χ4v) is 2.12. The lowest BCUT2D eigenvalue weighted by molar-refractivity contribution is 0.102. The zero-order chi connectivity index (χ0) is 13.9. The molecule has 1 aliphatic heterocycles. The van der Waals surface area contributed by atoms with Gasteiger partial charge in [0, 0.05) is 30.0 Å². The molecule has 0 fully saturated rings. The predicted molar refractivity (Wildman–Crippen MR) is 82.2 cm³/mol. The number of rotatable bonds is 2. The number of ether oxygens (including phenoxy) is 1. The Morgan fingerprint density at radius 2 is 2.24 bits per heavy atom. The van der Waals surface area contributed by atoms with Crippen LogP contribution in [0.3, 0.4) is 0 Å². The number of amides is 1. The molecule has 0 atom stereocenters. The Kier molecular flexibility index (Phi) is 4.82. The van der Waals surface area contributed by atoms with Crippen molar-refractivity contribution >= 4 is 24.0 Å². The molecule has 1 aromatic carbocycles. The summed E-state index contributed by atoms with van der Waals surface area (Å²) in [6.07, 6.45) is 0. The van der Waals surface area contributed by atoms with E-state index in [0.29, 0.717) is 12.3 Å². The van der Waals surface area contributed by atoms with E-state index in [1.165, 1.54) is 0 Å². The van der Waals surface area contributed by atoms with Gasteiger partial charge in [-0.2, -0.15) is 5.10 Å². The number of anilines is 1. The number of carbonyl (C=O) groups excluding carboxylic acids is 1. The first-order valence-electron chi connectivity index (χ1n) is 6.52. The number of benzene rings is 1. The topological polar surface area (TPSA) is 79.0 Å². The van der Waals surface area contributed by atoms with Crippen molar-refractivity contribution < 1.29 is 9.53 Å². The number of halogens is 1. The standard InChI is InChI=1S/C14H16N4O2.ClH/c1-9-6-12(18-17-9)14(19)16-11-2-3-13-10(7-11)8-15-4-5-20-13;/h2-3,6-7,15H,4-5,8H2,1H3,(H,16,19)(H,17,18);1H. The largest absolute Gasteiger partial charge is 0.492 e. The Hall–Kier alpha value is -2.05. The van der Waals surface area contributed by atoms with Gasteiger partial charge < -0.3 is 15.4 Å². The molecule has 0 saturated carbocycles. The van der Waals surface area contributed by atoms with Crippen LogP contribution in [0.2, 0.25) is 0 Å². The van der Waals surface area contributed by atoms with E-state index in [9.17, 15) is 4.79 Å². The summed E-state index contributed by atoms with van der Waals surface area (Å²) in [4.78, 5) is 12.0. The molecule has 1 aliphatic rings. The molecule has 7 heteroatoms. The van der Waals surface area contributed by atoms with Crippen LogP contribution in [-0.2, 0) is 6.54 Å². The molecule has 2 heterocycles. The second kappa shape index (κ2) is 6.60. The number of aryl methyl sites for hydroxylation is 1. The summed E-state index contributed by atoms with van der Waals surface area (Å²) in [5.41, 5.74) is 3.02. The van der Waals surface area contributed by atoms with Gasteiger partial charge in [0.15, 0.2) is 5.69 Å². The molecule has 3 N–H and O–H groups in total. The highest BCUT2D eigenvalue weighted by Gasteiger charge is 2.12. The summed E-state index contributed by atoms with van der Waals surface area (Å²) in [5, 5.41) is 12.8. The van der Waals surface area contributed by atoms with Crippen LogP contribution in [0.25, 0.3) is 0 Å². The maximum atomic E-state index is 12.0. The van der Waals surface area contributed by atoms with Gasteiger partial charge in [-0.1, -0.05) is 0 Å². The SMILES string of the molecule is Cc1cc(C(=O)Nc2ccc3c(c2)CNCCO3)n[nH]1.Cl. The van der Waals surface area contributed by atoms with Crippen molar-refractivity contribution in [1.82, 2.24) is 15.5 Å². The Balaban J connectivity index is 0.00000161. The van der Waals surface area contributed by atoms with Gasteiger partial charge in [-0.05, 0) is 31.2 Å². The minimum absolute atomic E-state index is 0. The van der Waals surface area contributed by atoms with Crippen LogP contribution in [0, 0.1) is 6.92 Å². The molecule has 0 saturated heterocycles. The van der Waals surface area contributed by atoms with Crippen molar-refractivity contribution in [2.45, 2.75) is 13.5 Å². The number of aromatic amines is 1. The first kappa shape index (κ1) is 15.3. The number of hydrogen-bond donors (Lipinski definition) is 3. The van der Waals surface area contributed by atoms with E-state index in [0.717, 1.165) is 35.8 Å². The summed E-state index contributed by atoms with van der Waals surface area (Å²) in [6, 6.07) is 7.35. The van der Waals surface area contributed by atoms with Gasteiger partial charge >= 0.3 is 0 Å². The second-order valence-electron chi connectivity index (χ2n) is 4.74. The van der Waals surface area contributed by atoms with Gasteiger partial charge in [-0.15, -0.1) is 12.4 Å². The van der Waals surface area contributed by atoms with Crippen LogP contribution < -0.4 is 15.4 Å². The summed E-state index contributed by atoms with van der Waals surface area (Å²) in [6.45, 7) is 4.07. The molecule has 0 unspecified atom stereocenters. The molecule has 0 aliphatic carbocycles. The Morgan fingerprint density at radius 3 is 3.00 bits per heavy atom. The van der Waals surface area contributed by atoms with Crippen molar-refractivity contribution in [2.75, 3.05) is 18.5 Å². The number of aromatic nitrogens is 2. The van der Waals surface area contributed by atoms with E-state index in [2.05, 4.69) is 20.8 Å². The first-order chi connectivity index (χ1) is 9.72. The summed E-state index contributed by atoms with van der Waals surface area (Å²) >= 11 is 0. The number of nitrogens with zero attached hydrogens (tertiary/aromatic N) is 1. The average molecular weight is 309 g/mol. The molecule has 2 aromatic rings. The van der Waals surface area contributed by atoms with Gasteiger partial charge in [0.25, 0.3) is 5.91 Å². The normalized spacial score (nSPS) is 13.4. The van der Waals surface area contributed by atoms with Gasteiger partial charge in [-0.3, -0.25) is 9.89 Å². The molecule has 1 aromatic heterocycles. The lowest BCUT2D eigenvalue weighted by Gasteiger charge is -2.09. The van der Waals surface area contributed by atoms with E-state index < -0.39 is 0 Å². The molecule has 21 heavy (non-hydrogen) atoms. The predicted octanol–water partition coefficient (Wildman–Crippen LogP) is 1.87. The number of nitrogens with one attached hydrogen (secondary N) is 3. The fourth-order valence-electron chi connectivity index (χ4n) is 2.12. The molecular weight excluding hydrogens is 292 g/mol. The first-order valence-corrected chi connectivity index (χ1v) is 6.52. The van der Waals surface area contributed by atoms with E-state index in [-0.39, 0.29) is 18.3 Å². The minimum Gasteiger partial charge on any atom is -0.492 e. The zero-order valence-electron chi connectivity index (χ0n) is 11.6.